The quantitative estimate of drug-likeness (QED) is 0.747. The maximum absolute atomic E-state index is 12.4. The highest BCUT2D eigenvalue weighted by Gasteiger charge is 2.36. The van der Waals surface area contributed by atoms with Gasteiger partial charge in [0.1, 0.15) is 0 Å². The number of primary amides is 1. The largest absolute Gasteiger partial charge is 0.366 e. The zero-order valence-corrected chi connectivity index (χ0v) is 13.3. The topological polar surface area (TPSA) is 80.5 Å². The standard InChI is InChI=1S/C18H12N2O3S/c19-17(22)10-5-6-14-13(7-10)16(21)18(23)20(14)8-11-9-24-15-4-2-1-3-12(11)15/h1-7,9H,8H2,(H2,19,22). The second kappa shape index (κ2) is 5.28. The lowest BCUT2D eigenvalue weighted by atomic mass is 10.1. The van der Waals surface area contributed by atoms with Crippen LogP contribution in [0.4, 0.5) is 5.69 Å². The van der Waals surface area contributed by atoms with Crippen molar-refractivity contribution in [3.63, 3.8) is 0 Å². The Morgan fingerprint density at radius 3 is 2.71 bits per heavy atom. The normalized spacial score (nSPS) is 13.6. The monoisotopic (exact) mass is 336 g/mol. The third-order valence-electron chi connectivity index (χ3n) is 4.15. The Labute approximate surface area is 141 Å². The van der Waals surface area contributed by atoms with E-state index in [4.69, 9.17) is 5.73 Å². The predicted octanol–water partition coefficient (Wildman–Crippen LogP) is 2.73. The second-order valence-electron chi connectivity index (χ2n) is 5.57. The van der Waals surface area contributed by atoms with Gasteiger partial charge in [-0.05, 0) is 40.6 Å². The number of benzene rings is 2. The minimum atomic E-state index is -0.625. The molecule has 0 spiro atoms. The summed E-state index contributed by atoms with van der Waals surface area (Å²) in [6.45, 7) is 0.317. The summed E-state index contributed by atoms with van der Waals surface area (Å²) in [5.74, 6) is -1.81. The van der Waals surface area contributed by atoms with E-state index in [1.807, 2.05) is 29.6 Å². The number of nitrogens with zero attached hydrogens (tertiary/aromatic N) is 1. The molecule has 0 bridgehead atoms. The fourth-order valence-electron chi connectivity index (χ4n) is 2.94. The first-order valence-electron chi connectivity index (χ1n) is 7.31. The van der Waals surface area contributed by atoms with E-state index in [1.54, 1.807) is 17.4 Å². The first-order valence-corrected chi connectivity index (χ1v) is 8.19. The van der Waals surface area contributed by atoms with Gasteiger partial charge in [0.05, 0.1) is 17.8 Å². The molecule has 0 saturated heterocycles. The van der Waals surface area contributed by atoms with Gasteiger partial charge >= 0.3 is 0 Å². The summed E-state index contributed by atoms with van der Waals surface area (Å²) in [5, 5.41) is 3.07. The average molecular weight is 336 g/mol. The molecule has 3 aromatic rings. The smallest absolute Gasteiger partial charge is 0.299 e. The third-order valence-corrected chi connectivity index (χ3v) is 5.16. The Bertz CT molecular complexity index is 1020. The van der Waals surface area contributed by atoms with Gasteiger partial charge in [-0.3, -0.25) is 14.4 Å². The Morgan fingerprint density at radius 1 is 1.12 bits per heavy atom. The van der Waals surface area contributed by atoms with Crippen LogP contribution in [0, 0.1) is 0 Å². The number of amides is 2. The van der Waals surface area contributed by atoms with E-state index in [0.29, 0.717) is 12.2 Å². The van der Waals surface area contributed by atoms with E-state index in [9.17, 15) is 14.4 Å². The molecule has 6 heteroatoms. The maximum atomic E-state index is 12.4. The van der Waals surface area contributed by atoms with Crippen LogP contribution >= 0.6 is 11.3 Å². The molecular weight excluding hydrogens is 324 g/mol. The minimum Gasteiger partial charge on any atom is -0.366 e. The van der Waals surface area contributed by atoms with Crippen molar-refractivity contribution in [2.24, 2.45) is 5.73 Å². The van der Waals surface area contributed by atoms with Crippen LogP contribution in [0.25, 0.3) is 10.1 Å². The van der Waals surface area contributed by atoms with Gasteiger partial charge in [-0.2, -0.15) is 0 Å². The van der Waals surface area contributed by atoms with Gasteiger partial charge in [-0.1, -0.05) is 18.2 Å². The number of nitrogens with two attached hydrogens (primary N) is 1. The van der Waals surface area contributed by atoms with Gasteiger partial charge in [-0.15, -0.1) is 11.3 Å². The first-order chi connectivity index (χ1) is 11.6. The molecule has 118 valence electrons. The molecule has 0 saturated carbocycles. The molecule has 2 heterocycles. The van der Waals surface area contributed by atoms with Gasteiger partial charge in [0, 0.05) is 10.3 Å². The highest BCUT2D eigenvalue weighted by atomic mass is 32.1. The van der Waals surface area contributed by atoms with E-state index < -0.39 is 17.6 Å². The molecule has 0 unspecified atom stereocenters. The molecule has 0 aliphatic carbocycles. The van der Waals surface area contributed by atoms with Gasteiger partial charge in [0.2, 0.25) is 5.91 Å². The summed E-state index contributed by atoms with van der Waals surface area (Å²) in [7, 11) is 0. The SMILES string of the molecule is NC(=O)c1ccc2c(c1)C(=O)C(=O)N2Cc1csc2ccccc12. The van der Waals surface area contributed by atoms with E-state index >= 15 is 0 Å². The van der Waals surface area contributed by atoms with Crippen LogP contribution in [-0.4, -0.2) is 17.6 Å². The molecule has 2 aromatic carbocycles. The van der Waals surface area contributed by atoms with Crippen molar-refractivity contribution in [2.75, 3.05) is 4.90 Å². The van der Waals surface area contributed by atoms with E-state index in [1.165, 1.54) is 17.0 Å². The molecule has 5 nitrogen and oxygen atoms in total. The molecule has 2 N–H and O–H groups in total. The lowest BCUT2D eigenvalue weighted by Crippen LogP contribution is -2.29. The van der Waals surface area contributed by atoms with Crippen LogP contribution < -0.4 is 10.6 Å². The molecule has 1 aromatic heterocycles. The number of carbonyl (C=O) groups is 3. The van der Waals surface area contributed by atoms with Gasteiger partial charge < -0.3 is 10.6 Å². The highest BCUT2D eigenvalue weighted by Crippen LogP contribution is 2.34. The van der Waals surface area contributed by atoms with E-state index in [2.05, 4.69) is 0 Å². The Balaban J connectivity index is 1.76. The van der Waals surface area contributed by atoms with Crippen molar-refractivity contribution in [1.82, 2.24) is 0 Å². The second-order valence-corrected chi connectivity index (χ2v) is 6.48. The molecule has 1 aliphatic rings. The summed E-state index contributed by atoms with van der Waals surface area (Å²) in [5.41, 5.74) is 7.21. The van der Waals surface area contributed by atoms with Gasteiger partial charge in [0.25, 0.3) is 11.7 Å². The predicted molar refractivity (Wildman–Crippen MR) is 92.3 cm³/mol. The van der Waals surface area contributed by atoms with Crippen LogP contribution in [0.5, 0.6) is 0 Å². The number of thiophene rings is 1. The Kier molecular flexibility index (Phi) is 3.21. The fourth-order valence-corrected chi connectivity index (χ4v) is 3.89. The lowest BCUT2D eigenvalue weighted by molar-refractivity contribution is -0.114. The molecule has 4 rings (SSSR count). The number of hydrogen-bond acceptors (Lipinski definition) is 4. The van der Waals surface area contributed by atoms with Crippen molar-refractivity contribution in [3.8, 4) is 0 Å². The summed E-state index contributed by atoms with van der Waals surface area (Å²) >= 11 is 1.60. The first kappa shape index (κ1) is 14.6. The maximum Gasteiger partial charge on any atom is 0.299 e. The van der Waals surface area contributed by atoms with Crippen molar-refractivity contribution in [2.45, 2.75) is 6.54 Å². The molecule has 0 atom stereocenters. The number of fused-ring (bicyclic) bond motifs is 2. The number of ketones is 1. The van der Waals surface area contributed by atoms with E-state index in [0.717, 1.165) is 15.6 Å². The molecule has 1 aliphatic heterocycles. The molecule has 0 radical (unpaired) electrons. The zero-order chi connectivity index (χ0) is 16.8. The number of hydrogen-bond donors (Lipinski definition) is 1. The highest BCUT2D eigenvalue weighted by molar-refractivity contribution is 7.17. The van der Waals surface area contributed by atoms with Crippen molar-refractivity contribution in [3.05, 3.63) is 64.5 Å². The number of Topliss-reactive ketones (excluding diaryl/α,β-unsaturated/α-hetero) is 1. The van der Waals surface area contributed by atoms with Crippen LogP contribution in [0.2, 0.25) is 0 Å². The number of carbonyl (C=O) groups excluding carboxylic acids is 3. The van der Waals surface area contributed by atoms with E-state index in [-0.39, 0.29) is 11.1 Å². The number of anilines is 1. The fraction of sp³-hybridized carbons (Fsp3) is 0.0556. The average Bonchev–Trinajstić information content (AvgIpc) is 3.10. The van der Waals surface area contributed by atoms with Crippen molar-refractivity contribution in [1.29, 1.82) is 0 Å². The molecular formula is C18H12N2O3S. The Hall–Kier alpha value is -2.99. The molecule has 2 amide bonds. The summed E-state index contributed by atoms with van der Waals surface area (Å²) in [4.78, 5) is 37.3. The minimum absolute atomic E-state index is 0.220. The van der Waals surface area contributed by atoms with Crippen LogP contribution in [0.3, 0.4) is 0 Å². The lowest BCUT2D eigenvalue weighted by Gasteiger charge is -2.16. The molecule has 0 fully saturated rings. The van der Waals surface area contributed by atoms with Crippen molar-refractivity contribution < 1.29 is 14.4 Å². The van der Waals surface area contributed by atoms with Crippen LogP contribution in [0.15, 0.2) is 47.8 Å². The van der Waals surface area contributed by atoms with Crippen molar-refractivity contribution >= 4 is 44.7 Å². The zero-order valence-electron chi connectivity index (χ0n) is 12.5. The summed E-state index contributed by atoms with van der Waals surface area (Å²) in [6.07, 6.45) is 0. The summed E-state index contributed by atoms with van der Waals surface area (Å²) in [6, 6.07) is 12.5. The van der Waals surface area contributed by atoms with Crippen LogP contribution in [0.1, 0.15) is 26.3 Å². The van der Waals surface area contributed by atoms with Gasteiger partial charge in [0.15, 0.2) is 0 Å². The third kappa shape index (κ3) is 2.11. The van der Waals surface area contributed by atoms with Crippen LogP contribution in [-0.2, 0) is 11.3 Å². The number of rotatable bonds is 3. The molecule has 24 heavy (non-hydrogen) atoms. The summed E-state index contributed by atoms with van der Waals surface area (Å²) < 4.78 is 1.13. The Morgan fingerprint density at radius 2 is 1.92 bits per heavy atom. The van der Waals surface area contributed by atoms with Gasteiger partial charge in [-0.25, -0.2) is 0 Å².